The number of halogens is 2. The second-order valence-corrected chi connectivity index (χ2v) is 5.02. The second kappa shape index (κ2) is 5.59. The molecule has 0 aliphatic carbocycles. The van der Waals surface area contributed by atoms with E-state index in [4.69, 9.17) is 17.4 Å². The number of hydrazine groups is 1. The highest BCUT2D eigenvalue weighted by Gasteiger charge is 2.18. The molecular formula is C11H8ClIN4O. The number of nitrogens with zero attached hydrogens (tertiary/aromatic N) is 3. The third-order valence-electron chi connectivity index (χ3n) is 2.18. The van der Waals surface area contributed by atoms with Gasteiger partial charge in [-0.15, -0.1) is 0 Å². The van der Waals surface area contributed by atoms with Crippen LogP contribution in [0.15, 0.2) is 36.8 Å². The maximum Gasteiger partial charge on any atom is 0.275 e. The van der Waals surface area contributed by atoms with Gasteiger partial charge in [-0.25, -0.2) is 15.8 Å². The number of hydrogen-bond donors (Lipinski definition) is 1. The van der Waals surface area contributed by atoms with Crippen LogP contribution >= 0.6 is 34.2 Å². The highest BCUT2D eigenvalue weighted by molar-refractivity contribution is 14.1. The predicted molar refractivity (Wildman–Crippen MR) is 77.2 cm³/mol. The zero-order valence-electron chi connectivity index (χ0n) is 9.05. The van der Waals surface area contributed by atoms with Crippen molar-refractivity contribution < 1.29 is 4.79 Å². The van der Waals surface area contributed by atoms with Gasteiger partial charge in [0.2, 0.25) is 0 Å². The number of amides is 1. The fourth-order valence-corrected chi connectivity index (χ4v) is 1.95. The minimum atomic E-state index is -0.433. The summed E-state index contributed by atoms with van der Waals surface area (Å²) in [5.74, 6) is 5.67. The summed E-state index contributed by atoms with van der Waals surface area (Å²) in [6.45, 7) is 0. The third kappa shape index (κ3) is 2.77. The number of nitrogens with two attached hydrogens (primary N) is 1. The first-order valence-electron chi connectivity index (χ1n) is 4.90. The molecule has 0 atom stereocenters. The predicted octanol–water partition coefficient (Wildman–Crippen LogP) is 2.26. The van der Waals surface area contributed by atoms with Crippen molar-refractivity contribution in [2.75, 3.05) is 5.01 Å². The van der Waals surface area contributed by atoms with Gasteiger partial charge in [-0.05, 0) is 40.8 Å². The van der Waals surface area contributed by atoms with Crippen LogP contribution in [-0.2, 0) is 0 Å². The number of pyridine rings is 2. The van der Waals surface area contributed by atoms with E-state index in [1.54, 1.807) is 12.3 Å². The first-order valence-corrected chi connectivity index (χ1v) is 6.35. The van der Waals surface area contributed by atoms with E-state index in [-0.39, 0.29) is 10.6 Å². The van der Waals surface area contributed by atoms with E-state index in [1.807, 2.05) is 6.07 Å². The maximum absolute atomic E-state index is 12.1. The average Bonchev–Trinajstić information content (AvgIpc) is 2.37. The first-order chi connectivity index (χ1) is 8.59. The molecule has 0 saturated heterocycles. The van der Waals surface area contributed by atoms with E-state index in [1.165, 1.54) is 18.5 Å². The fourth-order valence-electron chi connectivity index (χ4n) is 1.31. The number of hydrogen-bond acceptors (Lipinski definition) is 4. The maximum atomic E-state index is 12.1. The minimum absolute atomic E-state index is 0.253. The molecule has 0 aliphatic heterocycles. The van der Waals surface area contributed by atoms with Crippen LogP contribution in [0.4, 0.5) is 5.82 Å². The lowest BCUT2D eigenvalue weighted by molar-refractivity contribution is 0.0986. The molecule has 0 spiro atoms. The largest absolute Gasteiger partial charge is 0.275 e. The lowest BCUT2D eigenvalue weighted by atomic mass is 10.2. The zero-order chi connectivity index (χ0) is 13.1. The molecule has 1 amide bonds. The fraction of sp³-hybridized carbons (Fsp3) is 0. The molecular weight excluding hydrogens is 367 g/mol. The molecule has 0 radical (unpaired) electrons. The van der Waals surface area contributed by atoms with Gasteiger partial charge in [0, 0.05) is 22.2 Å². The van der Waals surface area contributed by atoms with Gasteiger partial charge in [0.25, 0.3) is 5.91 Å². The minimum Gasteiger partial charge on any atom is -0.267 e. The summed E-state index contributed by atoms with van der Waals surface area (Å²) < 4.78 is 0.932. The standard InChI is InChI=1S/C11H8ClIN4O/c12-9-6-15-3-2-8(9)11(18)17(14)10-5-7(13)1-4-16-10/h1-6H,14H2. The normalized spacial score (nSPS) is 10.2. The summed E-state index contributed by atoms with van der Waals surface area (Å²) in [5.41, 5.74) is 0.287. The zero-order valence-corrected chi connectivity index (χ0v) is 12.0. The van der Waals surface area contributed by atoms with Crippen LogP contribution in [0.5, 0.6) is 0 Å². The van der Waals surface area contributed by atoms with E-state index < -0.39 is 5.91 Å². The first kappa shape index (κ1) is 13.2. The summed E-state index contributed by atoms with van der Waals surface area (Å²) in [5, 5.41) is 1.21. The summed E-state index contributed by atoms with van der Waals surface area (Å²) >= 11 is 8.01. The molecule has 5 nitrogen and oxygen atoms in total. The van der Waals surface area contributed by atoms with Crippen molar-refractivity contribution in [1.29, 1.82) is 0 Å². The van der Waals surface area contributed by atoms with Crippen LogP contribution in [0.3, 0.4) is 0 Å². The van der Waals surface area contributed by atoms with Gasteiger partial charge in [-0.1, -0.05) is 11.6 Å². The second-order valence-electron chi connectivity index (χ2n) is 3.36. The smallest absolute Gasteiger partial charge is 0.267 e. The van der Waals surface area contributed by atoms with Crippen molar-refractivity contribution in [1.82, 2.24) is 9.97 Å². The van der Waals surface area contributed by atoms with Crippen molar-refractivity contribution in [3.8, 4) is 0 Å². The lowest BCUT2D eigenvalue weighted by Crippen LogP contribution is -2.38. The van der Waals surface area contributed by atoms with Crippen LogP contribution in [0.25, 0.3) is 0 Å². The Morgan fingerprint density at radius 1 is 1.39 bits per heavy atom. The molecule has 0 aliphatic rings. The number of rotatable bonds is 2. The molecule has 92 valence electrons. The van der Waals surface area contributed by atoms with Crippen LogP contribution in [0.2, 0.25) is 5.02 Å². The van der Waals surface area contributed by atoms with E-state index in [9.17, 15) is 4.79 Å². The Morgan fingerprint density at radius 2 is 2.17 bits per heavy atom. The van der Waals surface area contributed by atoms with Crippen molar-refractivity contribution >= 4 is 45.9 Å². The van der Waals surface area contributed by atoms with Crippen LogP contribution < -0.4 is 10.9 Å². The number of anilines is 1. The summed E-state index contributed by atoms with van der Waals surface area (Å²) in [4.78, 5) is 20.0. The molecule has 7 heteroatoms. The van der Waals surface area contributed by atoms with Gasteiger partial charge < -0.3 is 0 Å². The van der Waals surface area contributed by atoms with Gasteiger partial charge in [-0.3, -0.25) is 9.78 Å². The van der Waals surface area contributed by atoms with E-state index in [0.717, 1.165) is 8.58 Å². The molecule has 18 heavy (non-hydrogen) atoms. The van der Waals surface area contributed by atoms with Crippen LogP contribution in [0, 0.1) is 3.57 Å². The Morgan fingerprint density at radius 3 is 2.83 bits per heavy atom. The van der Waals surface area contributed by atoms with Crippen molar-refractivity contribution in [3.63, 3.8) is 0 Å². The van der Waals surface area contributed by atoms with E-state index in [2.05, 4.69) is 32.6 Å². The van der Waals surface area contributed by atoms with Gasteiger partial charge in [0.05, 0.1) is 10.6 Å². The van der Waals surface area contributed by atoms with Gasteiger partial charge in [-0.2, -0.15) is 0 Å². The van der Waals surface area contributed by atoms with E-state index >= 15 is 0 Å². The van der Waals surface area contributed by atoms with Crippen molar-refractivity contribution in [3.05, 3.63) is 50.9 Å². The van der Waals surface area contributed by atoms with Crippen LogP contribution in [-0.4, -0.2) is 15.9 Å². The molecule has 0 fully saturated rings. The van der Waals surface area contributed by atoms with Gasteiger partial charge in [0.1, 0.15) is 0 Å². The SMILES string of the molecule is NN(C(=O)c1ccncc1Cl)c1cc(I)ccn1. The number of aromatic nitrogens is 2. The Hall–Kier alpha value is -1.25. The summed E-state index contributed by atoms with van der Waals surface area (Å²) in [6.07, 6.45) is 4.46. The van der Waals surface area contributed by atoms with Crippen molar-refractivity contribution in [2.45, 2.75) is 0 Å². The Kier molecular flexibility index (Phi) is 4.10. The third-order valence-corrected chi connectivity index (χ3v) is 3.15. The lowest BCUT2D eigenvalue weighted by Gasteiger charge is -2.16. The van der Waals surface area contributed by atoms with E-state index in [0.29, 0.717) is 5.82 Å². The summed E-state index contributed by atoms with van der Waals surface area (Å²) in [7, 11) is 0. The topological polar surface area (TPSA) is 72.1 Å². The highest BCUT2D eigenvalue weighted by Crippen LogP contribution is 2.18. The van der Waals surface area contributed by atoms with Crippen molar-refractivity contribution in [2.24, 2.45) is 5.84 Å². The number of carbonyl (C=O) groups is 1. The van der Waals surface area contributed by atoms with Gasteiger partial charge in [0.15, 0.2) is 5.82 Å². The monoisotopic (exact) mass is 374 g/mol. The average molecular weight is 375 g/mol. The molecule has 2 heterocycles. The van der Waals surface area contributed by atoms with Crippen LogP contribution in [0.1, 0.15) is 10.4 Å². The highest BCUT2D eigenvalue weighted by atomic mass is 127. The Labute approximate surface area is 122 Å². The number of carbonyl (C=O) groups excluding carboxylic acids is 1. The summed E-state index contributed by atoms with van der Waals surface area (Å²) in [6, 6.07) is 5.02. The molecule has 2 rings (SSSR count). The van der Waals surface area contributed by atoms with Gasteiger partial charge >= 0.3 is 0 Å². The molecule has 2 aromatic heterocycles. The Balaban J connectivity index is 2.32. The molecule has 2 N–H and O–H groups in total. The molecule has 0 bridgehead atoms. The molecule has 0 saturated carbocycles. The molecule has 0 aromatic carbocycles. The quantitative estimate of drug-likeness (QED) is 0.379. The molecule has 2 aromatic rings. The molecule has 0 unspecified atom stereocenters. The Bertz CT molecular complexity index is 593.